The Bertz CT molecular complexity index is 610. The van der Waals surface area contributed by atoms with Gasteiger partial charge >= 0.3 is 0 Å². The largest absolute Gasteiger partial charge is 0.243 e. The first-order valence-electron chi connectivity index (χ1n) is 7.98. The van der Waals surface area contributed by atoms with Crippen molar-refractivity contribution in [1.82, 2.24) is 4.31 Å². The van der Waals surface area contributed by atoms with Crippen LogP contribution in [0.5, 0.6) is 0 Å². The molecule has 0 bridgehead atoms. The van der Waals surface area contributed by atoms with Gasteiger partial charge in [-0.2, -0.15) is 0 Å². The van der Waals surface area contributed by atoms with Crippen LogP contribution in [0.1, 0.15) is 65.5 Å². The molecule has 22 heavy (non-hydrogen) atoms. The normalized spacial score (nSPS) is 13.4. The van der Waals surface area contributed by atoms with Crippen LogP contribution in [0.25, 0.3) is 0 Å². The molecular weight excluding hydrogens is 294 g/mol. The Morgan fingerprint density at radius 1 is 1.09 bits per heavy atom. The third-order valence-electron chi connectivity index (χ3n) is 3.79. The van der Waals surface area contributed by atoms with E-state index in [1.807, 2.05) is 19.9 Å². The van der Waals surface area contributed by atoms with E-state index in [2.05, 4.69) is 40.7 Å². The van der Waals surface area contributed by atoms with E-state index in [1.165, 1.54) is 9.87 Å². The van der Waals surface area contributed by atoms with Gasteiger partial charge in [-0.05, 0) is 34.4 Å². The first-order valence-corrected chi connectivity index (χ1v) is 9.42. The minimum absolute atomic E-state index is 0.216. The van der Waals surface area contributed by atoms with Gasteiger partial charge in [0.1, 0.15) is 0 Å². The van der Waals surface area contributed by atoms with Gasteiger partial charge in [0.2, 0.25) is 10.0 Å². The summed E-state index contributed by atoms with van der Waals surface area (Å²) < 4.78 is 27.4. The molecule has 0 aliphatic heterocycles. The SMILES string of the molecule is CC(C)CN(C)S(=O)(=O)c1ccc(C(C)C)cc1C(C)(C)C. The minimum atomic E-state index is -3.46. The average molecular weight is 326 g/mol. The highest BCUT2D eigenvalue weighted by Crippen LogP contribution is 2.33. The number of hydrogen-bond acceptors (Lipinski definition) is 2. The molecule has 0 N–H and O–H groups in total. The molecule has 0 heterocycles. The number of benzene rings is 1. The van der Waals surface area contributed by atoms with E-state index < -0.39 is 10.0 Å². The molecule has 0 saturated carbocycles. The lowest BCUT2D eigenvalue weighted by Crippen LogP contribution is -2.32. The van der Waals surface area contributed by atoms with Crippen LogP contribution in [0.4, 0.5) is 0 Å². The summed E-state index contributed by atoms with van der Waals surface area (Å²) in [5.41, 5.74) is 1.86. The van der Waals surface area contributed by atoms with Crippen LogP contribution in [-0.2, 0) is 15.4 Å². The standard InChI is InChI=1S/C18H31NO2S/c1-13(2)12-19(8)22(20,21)17-10-9-15(14(3)4)11-16(17)18(5,6)7/h9-11,13-14H,12H2,1-8H3. The number of rotatable bonds is 5. The Morgan fingerprint density at radius 3 is 2.05 bits per heavy atom. The van der Waals surface area contributed by atoms with Crippen molar-refractivity contribution in [3.8, 4) is 0 Å². The zero-order valence-corrected chi connectivity index (χ0v) is 16.1. The molecule has 0 atom stereocenters. The molecule has 1 rings (SSSR count). The summed E-state index contributed by atoms with van der Waals surface area (Å²) in [6.45, 7) is 15.0. The zero-order chi connectivity index (χ0) is 17.3. The molecule has 0 saturated heterocycles. The summed E-state index contributed by atoms with van der Waals surface area (Å²) in [6.07, 6.45) is 0. The van der Waals surface area contributed by atoms with Crippen molar-refractivity contribution < 1.29 is 8.42 Å². The highest BCUT2D eigenvalue weighted by Gasteiger charge is 2.29. The number of sulfonamides is 1. The molecule has 0 radical (unpaired) electrons. The van der Waals surface area contributed by atoms with Crippen molar-refractivity contribution >= 4 is 10.0 Å². The van der Waals surface area contributed by atoms with Gasteiger partial charge in [0.25, 0.3) is 0 Å². The van der Waals surface area contributed by atoms with Gasteiger partial charge in [0.05, 0.1) is 4.90 Å². The van der Waals surface area contributed by atoms with E-state index in [9.17, 15) is 8.42 Å². The monoisotopic (exact) mass is 325 g/mol. The molecule has 0 spiro atoms. The fourth-order valence-electron chi connectivity index (χ4n) is 2.50. The smallest absolute Gasteiger partial charge is 0.207 e. The van der Waals surface area contributed by atoms with Crippen LogP contribution in [0, 0.1) is 5.92 Å². The summed E-state index contributed by atoms with van der Waals surface area (Å²) in [7, 11) is -1.79. The van der Waals surface area contributed by atoms with Crippen LogP contribution in [0.15, 0.2) is 23.1 Å². The first-order chi connectivity index (χ1) is 9.87. The van der Waals surface area contributed by atoms with Gasteiger partial charge in [-0.15, -0.1) is 0 Å². The minimum Gasteiger partial charge on any atom is -0.207 e. The highest BCUT2D eigenvalue weighted by molar-refractivity contribution is 7.89. The van der Waals surface area contributed by atoms with Crippen molar-refractivity contribution in [1.29, 1.82) is 0 Å². The second-order valence-corrected chi connectivity index (χ2v) is 9.85. The second-order valence-electron chi connectivity index (χ2n) is 7.84. The summed E-state index contributed by atoms with van der Waals surface area (Å²) in [5, 5.41) is 0. The lowest BCUT2D eigenvalue weighted by Gasteiger charge is -2.27. The van der Waals surface area contributed by atoms with Gasteiger partial charge in [0.15, 0.2) is 0 Å². The van der Waals surface area contributed by atoms with E-state index in [-0.39, 0.29) is 5.41 Å². The van der Waals surface area contributed by atoms with E-state index in [1.54, 1.807) is 13.1 Å². The molecule has 0 amide bonds. The third-order valence-corrected chi connectivity index (χ3v) is 5.67. The van der Waals surface area contributed by atoms with Crippen LogP contribution >= 0.6 is 0 Å². The molecule has 3 nitrogen and oxygen atoms in total. The molecule has 0 aromatic heterocycles. The van der Waals surface area contributed by atoms with Crippen LogP contribution in [0.2, 0.25) is 0 Å². The van der Waals surface area contributed by atoms with E-state index in [0.717, 1.165) is 5.56 Å². The Kier molecular flexibility index (Phi) is 5.85. The van der Waals surface area contributed by atoms with Crippen molar-refractivity contribution in [2.45, 2.75) is 64.7 Å². The molecule has 1 aromatic rings. The summed E-state index contributed by atoms with van der Waals surface area (Å²) in [4.78, 5) is 0.438. The van der Waals surface area contributed by atoms with Crippen molar-refractivity contribution in [2.24, 2.45) is 5.92 Å². The first kappa shape index (κ1) is 19.2. The van der Waals surface area contributed by atoms with Crippen molar-refractivity contribution in [2.75, 3.05) is 13.6 Å². The molecule has 0 aliphatic carbocycles. The maximum Gasteiger partial charge on any atom is 0.243 e. The number of nitrogens with zero attached hydrogens (tertiary/aromatic N) is 1. The summed E-state index contributed by atoms with van der Waals surface area (Å²) in [6, 6.07) is 5.78. The maximum absolute atomic E-state index is 12.9. The molecule has 0 unspecified atom stereocenters. The third kappa shape index (κ3) is 4.32. The van der Waals surface area contributed by atoms with Gasteiger partial charge in [0, 0.05) is 13.6 Å². The lowest BCUT2D eigenvalue weighted by molar-refractivity contribution is 0.415. The Labute approximate surface area is 136 Å². The topological polar surface area (TPSA) is 37.4 Å². The predicted octanol–water partition coefficient (Wildman–Crippen LogP) is 4.38. The molecule has 4 heteroatoms. The second kappa shape index (κ2) is 6.71. The van der Waals surface area contributed by atoms with E-state index in [4.69, 9.17) is 0 Å². The van der Waals surface area contributed by atoms with Crippen LogP contribution < -0.4 is 0 Å². The van der Waals surface area contributed by atoms with E-state index >= 15 is 0 Å². The molecular formula is C18H31NO2S. The van der Waals surface area contributed by atoms with E-state index in [0.29, 0.717) is 23.3 Å². The van der Waals surface area contributed by atoms with Gasteiger partial charge in [-0.1, -0.05) is 60.6 Å². The van der Waals surface area contributed by atoms with Crippen molar-refractivity contribution in [3.63, 3.8) is 0 Å². The Hall–Kier alpha value is -0.870. The lowest BCUT2D eigenvalue weighted by atomic mass is 9.85. The fourth-order valence-corrected chi connectivity index (χ4v) is 4.21. The summed E-state index contributed by atoms with van der Waals surface area (Å²) >= 11 is 0. The molecule has 0 aliphatic rings. The Morgan fingerprint density at radius 2 is 1.64 bits per heavy atom. The van der Waals surface area contributed by atoms with Gasteiger partial charge in [-0.25, -0.2) is 12.7 Å². The predicted molar refractivity (Wildman–Crippen MR) is 93.9 cm³/mol. The van der Waals surface area contributed by atoms with Crippen LogP contribution in [0.3, 0.4) is 0 Å². The Balaban J connectivity index is 3.46. The van der Waals surface area contributed by atoms with Crippen LogP contribution in [-0.4, -0.2) is 26.3 Å². The quantitative estimate of drug-likeness (QED) is 0.805. The maximum atomic E-state index is 12.9. The number of hydrogen-bond donors (Lipinski definition) is 0. The zero-order valence-electron chi connectivity index (χ0n) is 15.3. The van der Waals surface area contributed by atoms with Gasteiger partial charge < -0.3 is 0 Å². The molecule has 0 fully saturated rings. The molecule has 126 valence electrons. The van der Waals surface area contributed by atoms with Crippen molar-refractivity contribution in [3.05, 3.63) is 29.3 Å². The molecule has 1 aromatic carbocycles. The highest BCUT2D eigenvalue weighted by atomic mass is 32.2. The summed E-state index contributed by atoms with van der Waals surface area (Å²) in [5.74, 6) is 0.680. The van der Waals surface area contributed by atoms with Gasteiger partial charge in [-0.3, -0.25) is 0 Å². The fraction of sp³-hybridized carbons (Fsp3) is 0.667. The average Bonchev–Trinajstić information content (AvgIpc) is 2.35.